The number of carbonyl (C=O) groups is 2. The van der Waals surface area contributed by atoms with Crippen LogP contribution in [0.25, 0.3) is 0 Å². The number of alkyl halides is 3. The molecule has 2 N–H and O–H groups in total. The summed E-state index contributed by atoms with van der Waals surface area (Å²) in [4.78, 5) is 23.1. The maximum Gasteiger partial charge on any atom is 0.416 e. The summed E-state index contributed by atoms with van der Waals surface area (Å²) < 4.78 is 42.9. The van der Waals surface area contributed by atoms with E-state index < -0.39 is 23.8 Å². The van der Waals surface area contributed by atoms with Crippen LogP contribution < -0.4 is 15.4 Å². The highest BCUT2D eigenvalue weighted by molar-refractivity contribution is 5.94. The predicted molar refractivity (Wildman–Crippen MR) is 90.9 cm³/mol. The molecule has 0 radical (unpaired) electrons. The summed E-state index contributed by atoms with van der Waals surface area (Å²) in [6.45, 7) is 2.87. The van der Waals surface area contributed by atoms with Crippen LogP contribution in [-0.2, 0) is 15.8 Å². The number of hydrogen-bond donors (Lipinski definition) is 2. The van der Waals surface area contributed by atoms with E-state index in [2.05, 4.69) is 10.6 Å². The van der Waals surface area contributed by atoms with Crippen LogP contribution in [0, 0.1) is 0 Å². The van der Waals surface area contributed by atoms with Gasteiger partial charge in [0.1, 0.15) is 5.75 Å². The molecular weight excluding hydrogens is 349 g/mol. The van der Waals surface area contributed by atoms with Crippen molar-refractivity contribution in [1.82, 2.24) is 0 Å². The summed E-state index contributed by atoms with van der Waals surface area (Å²) in [6, 6.07) is 10.6. The lowest BCUT2D eigenvalue weighted by atomic mass is 10.2. The van der Waals surface area contributed by atoms with Crippen molar-refractivity contribution in [2.75, 3.05) is 10.6 Å². The Hall–Kier alpha value is -3.03. The minimum atomic E-state index is -4.43. The van der Waals surface area contributed by atoms with Crippen LogP contribution in [0.1, 0.15) is 19.4 Å². The lowest BCUT2D eigenvalue weighted by molar-refractivity contribution is -0.137. The van der Waals surface area contributed by atoms with Gasteiger partial charge in [0.15, 0.2) is 6.10 Å². The summed E-state index contributed by atoms with van der Waals surface area (Å²) in [7, 11) is 0. The van der Waals surface area contributed by atoms with Gasteiger partial charge in [-0.2, -0.15) is 13.2 Å². The van der Waals surface area contributed by atoms with Crippen molar-refractivity contribution in [3.8, 4) is 5.75 Å². The quantitative estimate of drug-likeness (QED) is 0.838. The molecule has 0 fully saturated rings. The van der Waals surface area contributed by atoms with Crippen LogP contribution in [-0.4, -0.2) is 17.9 Å². The first-order valence-corrected chi connectivity index (χ1v) is 7.67. The van der Waals surface area contributed by atoms with Crippen molar-refractivity contribution < 1.29 is 27.5 Å². The maximum atomic E-state index is 12.5. The molecule has 0 saturated carbocycles. The highest BCUT2D eigenvalue weighted by Gasteiger charge is 2.30. The zero-order chi connectivity index (χ0) is 19.3. The van der Waals surface area contributed by atoms with Crippen LogP contribution in [0.15, 0.2) is 48.5 Å². The lowest BCUT2D eigenvalue weighted by Crippen LogP contribution is -2.30. The third-order valence-corrected chi connectivity index (χ3v) is 3.34. The molecule has 138 valence electrons. The average molecular weight is 366 g/mol. The zero-order valence-corrected chi connectivity index (χ0v) is 14.1. The van der Waals surface area contributed by atoms with Gasteiger partial charge in [0.05, 0.1) is 5.56 Å². The van der Waals surface area contributed by atoms with Crippen molar-refractivity contribution in [3.05, 3.63) is 54.1 Å². The maximum absolute atomic E-state index is 12.5. The zero-order valence-electron chi connectivity index (χ0n) is 14.1. The molecule has 1 atom stereocenters. The first-order chi connectivity index (χ1) is 12.1. The first-order valence-electron chi connectivity index (χ1n) is 7.67. The molecule has 0 aliphatic rings. The van der Waals surface area contributed by atoms with Gasteiger partial charge >= 0.3 is 6.18 Å². The third kappa shape index (κ3) is 5.51. The molecule has 0 heterocycles. The predicted octanol–water partition coefficient (Wildman–Crippen LogP) is 4.07. The number of halogens is 3. The summed E-state index contributed by atoms with van der Waals surface area (Å²) in [5.74, 6) is -0.515. The molecule has 0 unspecified atom stereocenters. The minimum Gasteiger partial charge on any atom is -0.481 e. The van der Waals surface area contributed by atoms with E-state index in [1.807, 2.05) is 0 Å². The van der Waals surface area contributed by atoms with Crippen molar-refractivity contribution in [2.24, 2.45) is 0 Å². The topological polar surface area (TPSA) is 67.4 Å². The van der Waals surface area contributed by atoms with Crippen LogP contribution in [0.2, 0.25) is 0 Å². The Balaban J connectivity index is 1.94. The summed E-state index contributed by atoms with van der Waals surface area (Å²) >= 11 is 0. The molecule has 0 aromatic heterocycles. The molecule has 0 aliphatic heterocycles. The monoisotopic (exact) mass is 366 g/mol. The van der Waals surface area contributed by atoms with Gasteiger partial charge in [-0.15, -0.1) is 0 Å². The molecule has 0 aliphatic carbocycles. The fourth-order valence-electron chi connectivity index (χ4n) is 2.06. The van der Waals surface area contributed by atoms with Gasteiger partial charge in [0.2, 0.25) is 5.91 Å². The van der Waals surface area contributed by atoms with Crippen molar-refractivity contribution >= 4 is 23.2 Å². The van der Waals surface area contributed by atoms with E-state index in [9.17, 15) is 22.8 Å². The number of anilines is 2. The Labute approximate surface area is 148 Å². The number of hydrogen-bond acceptors (Lipinski definition) is 3. The van der Waals surface area contributed by atoms with Crippen molar-refractivity contribution in [2.45, 2.75) is 26.1 Å². The molecule has 2 aromatic carbocycles. The number of ether oxygens (including phenoxy) is 1. The fourth-order valence-corrected chi connectivity index (χ4v) is 2.06. The Morgan fingerprint density at radius 1 is 0.923 bits per heavy atom. The second kappa shape index (κ2) is 7.90. The van der Waals surface area contributed by atoms with Gasteiger partial charge < -0.3 is 15.4 Å². The molecule has 5 nitrogen and oxygen atoms in total. The van der Waals surface area contributed by atoms with Gasteiger partial charge in [0.25, 0.3) is 5.91 Å². The summed E-state index contributed by atoms with van der Waals surface area (Å²) in [6.07, 6.45) is -5.34. The van der Waals surface area contributed by atoms with E-state index in [1.165, 1.54) is 13.8 Å². The van der Waals surface area contributed by atoms with Gasteiger partial charge in [0, 0.05) is 18.3 Å². The summed E-state index contributed by atoms with van der Waals surface area (Å²) in [5.41, 5.74) is 0.290. The molecule has 2 amide bonds. The Morgan fingerprint density at radius 3 is 1.88 bits per heavy atom. The number of carbonyl (C=O) groups excluding carboxylic acids is 2. The first kappa shape index (κ1) is 19.3. The third-order valence-electron chi connectivity index (χ3n) is 3.34. The van der Waals surface area contributed by atoms with Crippen LogP contribution in [0.5, 0.6) is 5.75 Å². The standard InChI is InChI=1S/C18H17F3N2O3/c1-11(26-16-9-3-13(4-10-16)18(19,20)21)17(25)23-15-7-5-14(6-8-15)22-12(2)24/h3-11H,1-2H3,(H,22,24)(H,23,25)/t11-/m0/s1. The highest BCUT2D eigenvalue weighted by atomic mass is 19.4. The van der Waals surface area contributed by atoms with E-state index in [-0.39, 0.29) is 11.7 Å². The molecule has 2 aromatic rings. The number of amides is 2. The van der Waals surface area contributed by atoms with Gasteiger partial charge in [-0.25, -0.2) is 0 Å². The smallest absolute Gasteiger partial charge is 0.416 e. The minimum absolute atomic E-state index is 0.154. The Morgan fingerprint density at radius 2 is 1.42 bits per heavy atom. The second-order valence-corrected chi connectivity index (χ2v) is 5.53. The molecule has 0 saturated heterocycles. The normalized spacial score (nSPS) is 12.2. The molecule has 0 spiro atoms. The van der Waals surface area contributed by atoms with E-state index in [0.717, 1.165) is 24.3 Å². The molecular formula is C18H17F3N2O3. The summed E-state index contributed by atoms with van der Waals surface area (Å²) in [5, 5.41) is 5.22. The average Bonchev–Trinajstić information content (AvgIpc) is 2.55. The van der Waals surface area contributed by atoms with Gasteiger partial charge in [-0.1, -0.05) is 0 Å². The molecule has 0 bridgehead atoms. The Kier molecular flexibility index (Phi) is 5.86. The van der Waals surface area contributed by atoms with E-state index >= 15 is 0 Å². The number of rotatable bonds is 5. The Bertz CT molecular complexity index is 772. The number of nitrogens with one attached hydrogen (secondary N) is 2. The largest absolute Gasteiger partial charge is 0.481 e. The fraction of sp³-hybridized carbons (Fsp3) is 0.222. The van der Waals surface area contributed by atoms with Crippen LogP contribution in [0.4, 0.5) is 24.5 Å². The van der Waals surface area contributed by atoms with Crippen LogP contribution in [0.3, 0.4) is 0 Å². The second-order valence-electron chi connectivity index (χ2n) is 5.53. The highest BCUT2D eigenvalue weighted by Crippen LogP contribution is 2.30. The number of benzene rings is 2. The van der Waals surface area contributed by atoms with Gasteiger partial charge in [-0.3, -0.25) is 9.59 Å². The lowest BCUT2D eigenvalue weighted by Gasteiger charge is -2.15. The molecule has 26 heavy (non-hydrogen) atoms. The van der Waals surface area contributed by atoms with E-state index in [1.54, 1.807) is 24.3 Å². The van der Waals surface area contributed by atoms with Crippen LogP contribution >= 0.6 is 0 Å². The SMILES string of the molecule is CC(=O)Nc1ccc(NC(=O)[C@H](C)Oc2ccc(C(F)(F)F)cc2)cc1. The van der Waals surface area contributed by atoms with E-state index in [4.69, 9.17) is 4.74 Å². The van der Waals surface area contributed by atoms with Crippen molar-refractivity contribution in [1.29, 1.82) is 0 Å². The van der Waals surface area contributed by atoms with Crippen molar-refractivity contribution in [3.63, 3.8) is 0 Å². The molecule has 8 heteroatoms. The molecule has 2 rings (SSSR count). The van der Waals surface area contributed by atoms with E-state index in [0.29, 0.717) is 11.4 Å². The van der Waals surface area contributed by atoms with Gasteiger partial charge in [-0.05, 0) is 55.5 Å².